The summed E-state index contributed by atoms with van der Waals surface area (Å²) in [4.78, 5) is 34.7. The zero-order valence-electron chi connectivity index (χ0n) is 24.2. The van der Waals surface area contributed by atoms with Gasteiger partial charge in [0.2, 0.25) is 0 Å². The third kappa shape index (κ3) is 6.62. The Hall–Kier alpha value is -3.70. The SMILES string of the molecule is CCC(c1cccc2c(C(=O)NC)c(F)cnc12)C(CNc1cc(-c2cnc(C(C)(C)OC)nc2)ncn1)CSC. The Kier molecular flexibility index (Phi) is 9.82. The van der Waals surface area contributed by atoms with Gasteiger partial charge in [-0.25, -0.2) is 24.3 Å². The fraction of sp³-hybridized carbons (Fsp3) is 0.400. The van der Waals surface area contributed by atoms with Gasteiger partial charge in [0.25, 0.3) is 5.91 Å². The summed E-state index contributed by atoms with van der Waals surface area (Å²) in [6.07, 6.45) is 9.06. The molecule has 4 rings (SSSR count). The molecule has 3 heterocycles. The van der Waals surface area contributed by atoms with Crippen LogP contribution in [0.4, 0.5) is 10.2 Å². The number of para-hydroxylation sites is 1. The Bertz CT molecular complexity index is 1500. The van der Waals surface area contributed by atoms with Crippen molar-refractivity contribution in [3.63, 3.8) is 0 Å². The second-order valence-corrected chi connectivity index (χ2v) is 11.1. The molecule has 41 heavy (non-hydrogen) atoms. The molecule has 216 valence electrons. The highest BCUT2D eigenvalue weighted by Crippen LogP contribution is 2.35. The van der Waals surface area contributed by atoms with Gasteiger partial charge in [0.15, 0.2) is 11.6 Å². The van der Waals surface area contributed by atoms with E-state index < -0.39 is 17.3 Å². The standard InChI is InChI=1S/C30H36FN7O2S/c1-7-20(21-9-8-10-22-26(28(39)32-4)23(31)15-34-27(21)22)19(16-41-6)14-33-25-11-24(37-17-38-25)18-12-35-29(36-13-18)30(2,3)40-5/h8-13,15,17,19-20H,7,14,16H2,1-6H3,(H,32,39)(H,33,37,38). The third-order valence-electron chi connectivity index (χ3n) is 7.33. The predicted octanol–water partition coefficient (Wildman–Crippen LogP) is 5.45. The van der Waals surface area contributed by atoms with Gasteiger partial charge in [-0.2, -0.15) is 11.8 Å². The first-order chi connectivity index (χ1) is 19.7. The number of fused-ring (bicyclic) bond motifs is 1. The van der Waals surface area contributed by atoms with Crippen LogP contribution in [0.15, 0.2) is 49.2 Å². The minimum absolute atomic E-state index is 0.0186. The number of methoxy groups -OCH3 is 1. The maximum Gasteiger partial charge on any atom is 0.254 e. The number of rotatable bonds is 12. The van der Waals surface area contributed by atoms with Crippen molar-refractivity contribution in [3.8, 4) is 11.3 Å². The van der Waals surface area contributed by atoms with E-state index in [0.29, 0.717) is 34.8 Å². The Morgan fingerprint density at radius 1 is 1.12 bits per heavy atom. The van der Waals surface area contributed by atoms with Crippen LogP contribution in [0.25, 0.3) is 22.2 Å². The minimum atomic E-state index is -0.633. The second kappa shape index (κ2) is 13.3. The number of carbonyl (C=O) groups is 1. The summed E-state index contributed by atoms with van der Waals surface area (Å²) >= 11 is 1.76. The van der Waals surface area contributed by atoms with Crippen LogP contribution >= 0.6 is 11.8 Å². The fourth-order valence-electron chi connectivity index (χ4n) is 4.93. The van der Waals surface area contributed by atoms with Crippen LogP contribution < -0.4 is 10.6 Å². The maximum atomic E-state index is 14.6. The lowest BCUT2D eigenvalue weighted by Crippen LogP contribution is -2.25. The summed E-state index contributed by atoms with van der Waals surface area (Å²) in [7, 11) is 3.13. The molecule has 1 aromatic carbocycles. The van der Waals surface area contributed by atoms with Crippen molar-refractivity contribution in [2.24, 2.45) is 5.92 Å². The molecular formula is C30H36FN7O2S. The number of benzene rings is 1. The van der Waals surface area contributed by atoms with Gasteiger partial charge >= 0.3 is 0 Å². The van der Waals surface area contributed by atoms with Gasteiger partial charge in [-0.05, 0) is 49.7 Å². The van der Waals surface area contributed by atoms with Crippen molar-refractivity contribution >= 4 is 34.4 Å². The third-order valence-corrected chi connectivity index (χ3v) is 8.10. The number of amides is 1. The van der Waals surface area contributed by atoms with Crippen LogP contribution in [0.1, 0.15) is 54.9 Å². The maximum absolute atomic E-state index is 14.6. The quantitative estimate of drug-likeness (QED) is 0.227. The number of hydrogen-bond acceptors (Lipinski definition) is 9. The molecule has 0 saturated heterocycles. The molecule has 0 spiro atoms. The molecule has 0 radical (unpaired) electrons. The molecule has 3 aromatic heterocycles. The van der Waals surface area contributed by atoms with E-state index in [2.05, 4.69) is 48.7 Å². The number of carbonyl (C=O) groups excluding carboxylic acids is 1. The molecule has 0 fully saturated rings. The molecule has 2 atom stereocenters. The van der Waals surface area contributed by atoms with Crippen molar-refractivity contribution in [3.05, 3.63) is 72.0 Å². The second-order valence-electron chi connectivity index (χ2n) is 10.2. The molecule has 0 aliphatic carbocycles. The average Bonchev–Trinajstić information content (AvgIpc) is 3.00. The lowest BCUT2D eigenvalue weighted by molar-refractivity contribution is 0.0115. The molecule has 1 amide bonds. The lowest BCUT2D eigenvalue weighted by atomic mass is 9.83. The highest BCUT2D eigenvalue weighted by molar-refractivity contribution is 7.98. The number of nitrogens with one attached hydrogen (secondary N) is 2. The van der Waals surface area contributed by atoms with Crippen molar-refractivity contribution in [1.29, 1.82) is 0 Å². The molecule has 0 aliphatic rings. The van der Waals surface area contributed by atoms with Crippen LogP contribution in [0, 0.1) is 11.7 Å². The van der Waals surface area contributed by atoms with E-state index >= 15 is 0 Å². The van der Waals surface area contributed by atoms with Crippen LogP contribution in [0.5, 0.6) is 0 Å². The minimum Gasteiger partial charge on any atom is -0.371 e. The largest absolute Gasteiger partial charge is 0.371 e. The van der Waals surface area contributed by atoms with E-state index in [4.69, 9.17) is 4.74 Å². The molecule has 11 heteroatoms. The normalized spacial score (nSPS) is 13.1. The average molecular weight is 578 g/mol. The smallest absolute Gasteiger partial charge is 0.254 e. The highest BCUT2D eigenvalue weighted by Gasteiger charge is 2.26. The monoisotopic (exact) mass is 577 g/mol. The van der Waals surface area contributed by atoms with Gasteiger partial charge < -0.3 is 15.4 Å². The summed E-state index contributed by atoms with van der Waals surface area (Å²) in [5.74, 6) is 1.38. The van der Waals surface area contributed by atoms with Crippen LogP contribution in [-0.4, -0.2) is 63.5 Å². The molecule has 9 nitrogen and oxygen atoms in total. The summed E-state index contributed by atoms with van der Waals surface area (Å²) < 4.78 is 20.1. The number of pyridine rings is 1. The van der Waals surface area contributed by atoms with E-state index in [1.165, 1.54) is 13.4 Å². The Labute approximate surface area is 244 Å². The first kappa shape index (κ1) is 30.3. The van der Waals surface area contributed by atoms with Crippen molar-refractivity contribution < 1.29 is 13.9 Å². The first-order valence-electron chi connectivity index (χ1n) is 13.5. The summed E-state index contributed by atoms with van der Waals surface area (Å²) in [5.41, 5.74) is 2.56. The number of aromatic nitrogens is 5. The molecule has 4 aromatic rings. The van der Waals surface area contributed by atoms with E-state index in [1.54, 1.807) is 37.3 Å². The Morgan fingerprint density at radius 2 is 1.88 bits per heavy atom. The van der Waals surface area contributed by atoms with E-state index in [-0.39, 0.29) is 17.4 Å². The zero-order valence-corrected chi connectivity index (χ0v) is 25.1. The zero-order chi connectivity index (χ0) is 29.6. The van der Waals surface area contributed by atoms with Crippen molar-refractivity contribution in [1.82, 2.24) is 30.2 Å². The highest BCUT2D eigenvalue weighted by atomic mass is 32.2. The van der Waals surface area contributed by atoms with Crippen LogP contribution in [0.2, 0.25) is 0 Å². The summed E-state index contributed by atoms with van der Waals surface area (Å²) in [6, 6.07) is 7.53. The summed E-state index contributed by atoms with van der Waals surface area (Å²) in [5, 5.41) is 6.55. The number of ether oxygens (including phenoxy) is 1. The number of nitrogens with zero attached hydrogens (tertiary/aromatic N) is 5. The molecule has 0 aliphatic heterocycles. The Balaban J connectivity index is 1.59. The van der Waals surface area contributed by atoms with Gasteiger partial charge in [-0.15, -0.1) is 0 Å². The molecular weight excluding hydrogens is 541 g/mol. The fourth-order valence-corrected chi connectivity index (χ4v) is 5.70. The molecule has 2 N–H and O–H groups in total. The van der Waals surface area contributed by atoms with Gasteiger partial charge in [0.05, 0.1) is 23.0 Å². The number of anilines is 1. The topological polar surface area (TPSA) is 115 Å². The molecule has 2 unspecified atom stereocenters. The first-order valence-corrected chi connectivity index (χ1v) is 14.9. The molecule has 0 saturated carbocycles. The molecule has 0 bridgehead atoms. The number of thioether (sulfide) groups is 1. The van der Waals surface area contributed by atoms with Crippen molar-refractivity contribution in [2.45, 2.75) is 38.7 Å². The van der Waals surface area contributed by atoms with E-state index in [0.717, 1.165) is 29.5 Å². The Morgan fingerprint density at radius 3 is 2.54 bits per heavy atom. The van der Waals surface area contributed by atoms with E-state index in [1.807, 2.05) is 32.0 Å². The number of hydrogen-bond donors (Lipinski definition) is 2. The van der Waals surface area contributed by atoms with Gasteiger partial charge in [-0.1, -0.05) is 25.1 Å². The number of halogens is 1. The van der Waals surface area contributed by atoms with Crippen LogP contribution in [-0.2, 0) is 10.3 Å². The van der Waals surface area contributed by atoms with Gasteiger partial charge in [0.1, 0.15) is 17.7 Å². The van der Waals surface area contributed by atoms with Gasteiger partial charge in [0, 0.05) is 50.1 Å². The van der Waals surface area contributed by atoms with Crippen LogP contribution in [0.3, 0.4) is 0 Å². The van der Waals surface area contributed by atoms with Gasteiger partial charge in [-0.3, -0.25) is 9.78 Å². The summed E-state index contributed by atoms with van der Waals surface area (Å²) in [6.45, 7) is 6.61. The van der Waals surface area contributed by atoms with E-state index in [9.17, 15) is 9.18 Å². The van der Waals surface area contributed by atoms with Crippen molar-refractivity contribution in [2.75, 3.05) is 38.0 Å². The lowest BCUT2D eigenvalue weighted by Gasteiger charge is -2.27. The predicted molar refractivity (Wildman–Crippen MR) is 162 cm³/mol.